The molecule has 1 unspecified atom stereocenters. The molecule has 0 aliphatic carbocycles. The molecule has 0 fully saturated rings. The fourth-order valence-electron chi connectivity index (χ4n) is 1.73. The third-order valence-corrected chi connectivity index (χ3v) is 2.71. The summed E-state index contributed by atoms with van der Waals surface area (Å²) in [7, 11) is 1.46. The Hall–Kier alpha value is -1.95. The first-order chi connectivity index (χ1) is 8.09. The lowest BCUT2D eigenvalue weighted by Gasteiger charge is -2.24. The van der Waals surface area contributed by atoms with Gasteiger partial charge in [0.25, 0.3) is 0 Å². The van der Waals surface area contributed by atoms with E-state index in [4.69, 9.17) is 4.74 Å². The van der Waals surface area contributed by atoms with E-state index in [-0.39, 0.29) is 6.61 Å². The summed E-state index contributed by atoms with van der Waals surface area (Å²) in [5.74, 6) is -1.00. The van der Waals surface area contributed by atoms with Gasteiger partial charge in [-0.2, -0.15) is 0 Å². The third kappa shape index (κ3) is 1.76. The van der Waals surface area contributed by atoms with Gasteiger partial charge in [-0.05, 0) is 19.1 Å². The van der Waals surface area contributed by atoms with Crippen molar-refractivity contribution in [3.63, 3.8) is 0 Å². The fraction of sp³-hybridized carbons (Fsp3) is 0.364. The van der Waals surface area contributed by atoms with Crippen LogP contribution >= 0.6 is 0 Å². The van der Waals surface area contributed by atoms with Crippen LogP contribution in [0.3, 0.4) is 0 Å². The van der Waals surface area contributed by atoms with Crippen LogP contribution in [0.5, 0.6) is 0 Å². The summed E-state index contributed by atoms with van der Waals surface area (Å²) in [5.41, 5.74) is 0.0794. The number of benzene rings is 1. The lowest BCUT2D eigenvalue weighted by Crippen LogP contribution is -2.43. The number of ether oxygens (including phenoxy) is 1. The van der Waals surface area contributed by atoms with Crippen molar-refractivity contribution in [2.24, 2.45) is 0 Å². The maximum Gasteiger partial charge on any atom is 0.333 e. The van der Waals surface area contributed by atoms with Crippen molar-refractivity contribution in [1.82, 2.24) is 15.0 Å². The number of carboxylic acids is 1. The van der Waals surface area contributed by atoms with E-state index in [1.807, 2.05) is 12.1 Å². The first kappa shape index (κ1) is 11.5. The molecule has 1 N–H and O–H groups in total. The predicted molar refractivity (Wildman–Crippen MR) is 60.7 cm³/mol. The Morgan fingerprint density at radius 1 is 1.53 bits per heavy atom. The molecule has 0 saturated carbocycles. The Balaban J connectivity index is 2.60. The van der Waals surface area contributed by atoms with E-state index in [2.05, 4.69) is 10.3 Å². The van der Waals surface area contributed by atoms with Crippen molar-refractivity contribution in [2.75, 3.05) is 13.7 Å². The standard InChI is InChI=1S/C11H13N3O3/c1-11(7-17-2,10(15)16)14-9-6-4-3-5-8(9)12-13-14/h3-6H,7H2,1-2H3,(H,15,16). The summed E-state index contributed by atoms with van der Waals surface area (Å²) in [4.78, 5) is 11.4. The summed E-state index contributed by atoms with van der Waals surface area (Å²) in [6, 6.07) is 7.22. The molecule has 0 bridgehead atoms. The van der Waals surface area contributed by atoms with Gasteiger partial charge in [-0.3, -0.25) is 0 Å². The number of aliphatic carboxylic acids is 1. The van der Waals surface area contributed by atoms with E-state index in [1.54, 1.807) is 19.1 Å². The van der Waals surface area contributed by atoms with Gasteiger partial charge in [0.2, 0.25) is 0 Å². The van der Waals surface area contributed by atoms with Gasteiger partial charge in [0.15, 0.2) is 5.54 Å². The molecule has 0 amide bonds. The van der Waals surface area contributed by atoms with Crippen LogP contribution < -0.4 is 0 Å². The molecule has 2 aromatic rings. The molecule has 1 aromatic heterocycles. The zero-order valence-corrected chi connectivity index (χ0v) is 9.62. The lowest BCUT2D eigenvalue weighted by atomic mass is 10.0. The SMILES string of the molecule is COCC(C)(C(=O)O)n1nnc2ccccc21. The number of hydrogen-bond acceptors (Lipinski definition) is 4. The number of para-hydroxylation sites is 1. The highest BCUT2D eigenvalue weighted by Crippen LogP contribution is 2.21. The van der Waals surface area contributed by atoms with Crippen LogP contribution in [0.2, 0.25) is 0 Å². The van der Waals surface area contributed by atoms with E-state index in [1.165, 1.54) is 11.8 Å². The van der Waals surface area contributed by atoms with Gasteiger partial charge >= 0.3 is 5.97 Å². The second kappa shape index (κ2) is 4.14. The molecule has 1 heterocycles. The van der Waals surface area contributed by atoms with Crippen molar-refractivity contribution in [2.45, 2.75) is 12.5 Å². The smallest absolute Gasteiger partial charge is 0.333 e. The van der Waals surface area contributed by atoms with Gasteiger partial charge in [-0.1, -0.05) is 17.3 Å². The average Bonchev–Trinajstić information content (AvgIpc) is 2.73. The topological polar surface area (TPSA) is 77.2 Å². The molecule has 90 valence electrons. The van der Waals surface area contributed by atoms with E-state index < -0.39 is 11.5 Å². The van der Waals surface area contributed by atoms with E-state index in [0.29, 0.717) is 11.0 Å². The quantitative estimate of drug-likeness (QED) is 0.851. The Morgan fingerprint density at radius 2 is 2.24 bits per heavy atom. The van der Waals surface area contributed by atoms with Crippen LogP contribution in [0.1, 0.15) is 6.92 Å². The summed E-state index contributed by atoms with van der Waals surface area (Å²) < 4.78 is 6.35. The summed E-state index contributed by atoms with van der Waals surface area (Å²) >= 11 is 0. The van der Waals surface area contributed by atoms with E-state index >= 15 is 0 Å². The van der Waals surface area contributed by atoms with E-state index in [0.717, 1.165) is 0 Å². The fourth-order valence-corrected chi connectivity index (χ4v) is 1.73. The average molecular weight is 235 g/mol. The maximum atomic E-state index is 11.4. The first-order valence-electron chi connectivity index (χ1n) is 5.13. The number of aromatic nitrogens is 3. The number of carbonyl (C=O) groups is 1. The lowest BCUT2D eigenvalue weighted by molar-refractivity contribution is -0.150. The second-order valence-electron chi connectivity index (χ2n) is 4.00. The van der Waals surface area contributed by atoms with Crippen molar-refractivity contribution in [3.8, 4) is 0 Å². The van der Waals surface area contributed by atoms with Gasteiger partial charge in [0.05, 0.1) is 12.1 Å². The van der Waals surface area contributed by atoms with Crippen molar-refractivity contribution in [1.29, 1.82) is 0 Å². The number of nitrogens with zero attached hydrogens (tertiary/aromatic N) is 3. The van der Waals surface area contributed by atoms with E-state index in [9.17, 15) is 9.90 Å². The molecule has 0 saturated heterocycles. The van der Waals surface area contributed by atoms with Crippen molar-refractivity contribution < 1.29 is 14.6 Å². The molecule has 2 rings (SSSR count). The molecule has 0 radical (unpaired) electrons. The van der Waals surface area contributed by atoms with Crippen molar-refractivity contribution >= 4 is 17.0 Å². The molecule has 1 aromatic carbocycles. The van der Waals surface area contributed by atoms with Crippen LogP contribution in [0.4, 0.5) is 0 Å². The number of carboxylic acid groups (broad SMARTS) is 1. The monoisotopic (exact) mass is 235 g/mol. The minimum atomic E-state index is -1.26. The Kier molecular flexibility index (Phi) is 2.81. The minimum absolute atomic E-state index is 0.0235. The van der Waals surface area contributed by atoms with Gasteiger partial charge in [0.1, 0.15) is 5.52 Å². The zero-order valence-electron chi connectivity index (χ0n) is 9.62. The van der Waals surface area contributed by atoms with Crippen LogP contribution in [0.15, 0.2) is 24.3 Å². The number of methoxy groups -OCH3 is 1. The molecular weight excluding hydrogens is 222 g/mol. The summed E-state index contributed by atoms with van der Waals surface area (Å²) in [6.45, 7) is 1.58. The normalized spacial score (nSPS) is 14.7. The van der Waals surface area contributed by atoms with Gasteiger partial charge in [0, 0.05) is 7.11 Å². The second-order valence-corrected chi connectivity index (χ2v) is 4.00. The van der Waals surface area contributed by atoms with Gasteiger partial charge < -0.3 is 9.84 Å². The Bertz CT molecular complexity index is 552. The molecule has 0 spiro atoms. The zero-order chi connectivity index (χ0) is 12.5. The molecule has 17 heavy (non-hydrogen) atoms. The largest absolute Gasteiger partial charge is 0.479 e. The molecule has 1 atom stereocenters. The summed E-state index contributed by atoms with van der Waals surface area (Å²) in [5, 5.41) is 17.2. The molecule has 6 nitrogen and oxygen atoms in total. The summed E-state index contributed by atoms with van der Waals surface area (Å²) in [6.07, 6.45) is 0. The third-order valence-electron chi connectivity index (χ3n) is 2.71. The minimum Gasteiger partial charge on any atom is -0.479 e. The Morgan fingerprint density at radius 3 is 2.88 bits per heavy atom. The number of fused-ring (bicyclic) bond motifs is 1. The van der Waals surface area contributed by atoms with Gasteiger partial charge in [-0.15, -0.1) is 5.10 Å². The van der Waals surface area contributed by atoms with Crippen molar-refractivity contribution in [3.05, 3.63) is 24.3 Å². The highest BCUT2D eigenvalue weighted by atomic mass is 16.5. The number of hydrogen-bond donors (Lipinski definition) is 1. The van der Waals surface area contributed by atoms with Crippen LogP contribution in [-0.4, -0.2) is 39.8 Å². The predicted octanol–water partition coefficient (Wildman–Crippen LogP) is 0.877. The highest BCUT2D eigenvalue weighted by molar-refractivity contribution is 5.81. The molecular formula is C11H13N3O3. The van der Waals surface area contributed by atoms with Gasteiger partial charge in [-0.25, -0.2) is 9.48 Å². The maximum absolute atomic E-state index is 11.4. The molecule has 6 heteroatoms. The molecule has 0 aliphatic heterocycles. The Labute approximate surface area is 97.8 Å². The van der Waals surface area contributed by atoms with Crippen LogP contribution in [-0.2, 0) is 15.1 Å². The highest BCUT2D eigenvalue weighted by Gasteiger charge is 2.37. The first-order valence-corrected chi connectivity index (χ1v) is 5.13. The molecule has 0 aliphatic rings. The number of rotatable bonds is 4. The van der Waals surface area contributed by atoms with Crippen LogP contribution in [0, 0.1) is 0 Å². The van der Waals surface area contributed by atoms with Crippen LogP contribution in [0.25, 0.3) is 11.0 Å².